The Labute approximate surface area is 103 Å². The monoisotopic (exact) mass is 280 g/mol. The van der Waals surface area contributed by atoms with E-state index in [2.05, 4.69) is 26.0 Å². The second kappa shape index (κ2) is 3.99. The summed E-state index contributed by atoms with van der Waals surface area (Å²) in [6, 6.07) is 5.99. The Balaban J connectivity index is 2.46. The summed E-state index contributed by atoms with van der Waals surface area (Å²) in [5.74, 6) is 0. The summed E-state index contributed by atoms with van der Waals surface area (Å²) in [4.78, 5) is 3.92. The summed E-state index contributed by atoms with van der Waals surface area (Å²) < 4.78 is 2.66. The van der Waals surface area contributed by atoms with E-state index in [0.29, 0.717) is 0 Å². The van der Waals surface area contributed by atoms with Crippen LogP contribution in [0.3, 0.4) is 0 Å². The van der Waals surface area contributed by atoms with Crippen LogP contribution in [0.1, 0.15) is 19.4 Å². The predicted molar refractivity (Wildman–Crippen MR) is 66.3 cm³/mol. The zero-order valence-electron chi connectivity index (χ0n) is 9.18. The van der Waals surface area contributed by atoms with Crippen LogP contribution in [0.15, 0.2) is 35.3 Å². The summed E-state index contributed by atoms with van der Waals surface area (Å²) in [5, 5.41) is 4.08. The van der Waals surface area contributed by atoms with Crippen molar-refractivity contribution in [2.24, 2.45) is 5.73 Å². The third-order valence-corrected chi connectivity index (χ3v) is 2.99. The Bertz CT molecular complexity index is 485. The summed E-state index contributed by atoms with van der Waals surface area (Å²) >= 11 is 3.52. The maximum Gasteiger partial charge on any atom is 0.138 e. The van der Waals surface area contributed by atoms with Gasteiger partial charge in [-0.15, -0.1) is 0 Å². The summed E-state index contributed by atoms with van der Waals surface area (Å²) in [7, 11) is 0. The maximum absolute atomic E-state index is 6.04. The Morgan fingerprint density at radius 1 is 1.38 bits per heavy atom. The number of hydrogen-bond donors (Lipinski definition) is 1. The molecule has 1 aromatic carbocycles. The van der Waals surface area contributed by atoms with E-state index in [9.17, 15) is 0 Å². The van der Waals surface area contributed by atoms with Crippen LogP contribution in [-0.4, -0.2) is 14.8 Å². The lowest BCUT2D eigenvalue weighted by molar-refractivity contribution is 0.554. The van der Waals surface area contributed by atoms with Crippen molar-refractivity contribution in [1.82, 2.24) is 14.8 Å². The first kappa shape index (κ1) is 11.3. The highest BCUT2D eigenvalue weighted by molar-refractivity contribution is 9.10. The molecule has 2 N–H and O–H groups in total. The number of hydrogen-bond acceptors (Lipinski definition) is 3. The molecule has 16 heavy (non-hydrogen) atoms. The van der Waals surface area contributed by atoms with Crippen LogP contribution in [0.2, 0.25) is 0 Å². The number of rotatable bonds is 2. The van der Waals surface area contributed by atoms with E-state index in [1.165, 1.54) is 6.33 Å². The predicted octanol–water partition coefficient (Wildman–Crippen LogP) is 2.22. The molecule has 0 unspecified atom stereocenters. The average Bonchev–Trinajstić information content (AvgIpc) is 2.69. The molecule has 0 aliphatic carbocycles. The van der Waals surface area contributed by atoms with Gasteiger partial charge in [-0.3, -0.25) is 0 Å². The van der Waals surface area contributed by atoms with Gasteiger partial charge in [0, 0.05) is 10.0 Å². The van der Waals surface area contributed by atoms with Crippen molar-refractivity contribution in [1.29, 1.82) is 0 Å². The Kier molecular flexibility index (Phi) is 2.82. The van der Waals surface area contributed by atoms with Gasteiger partial charge < -0.3 is 5.73 Å². The summed E-state index contributed by atoms with van der Waals surface area (Å²) in [5.41, 5.74) is 7.72. The van der Waals surface area contributed by atoms with Crippen molar-refractivity contribution < 1.29 is 0 Å². The molecule has 0 fully saturated rings. The maximum atomic E-state index is 6.04. The lowest BCUT2D eigenvalue weighted by atomic mass is 9.96. The first-order valence-corrected chi connectivity index (χ1v) is 5.72. The van der Waals surface area contributed by atoms with Crippen LogP contribution in [-0.2, 0) is 5.54 Å². The van der Waals surface area contributed by atoms with Crippen LogP contribution in [0.4, 0.5) is 0 Å². The molecule has 0 aliphatic rings. The SMILES string of the molecule is CC(C)(N)c1ccc(-n2cncn2)c(Br)c1. The Morgan fingerprint density at radius 3 is 2.62 bits per heavy atom. The van der Waals surface area contributed by atoms with Crippen LogP contribution in [0.5, 0.6) is 0 Å². The van der Waals surface area contributed by atoms with E-state index in [-0.39, 0.29) is 5.54 Å². The van der Waals surface area contributed by atoms with Crippen molar-refractivity contribution in [3.63, 3.8) is 0 Å². The summed E-state index contributed by atoms with van der Waals surface area (Å²) in [6.07, 6.45) is 3.17. The van der Waals surface area contributed by atoms with Crippen molar-refractivity contribution in [3.05, 3.63) is 40.9 Å². The molecule has 5 heteroatoms. The smallest absolute Gasteiger partial charge is 0.138 e. The second-order valence-electron chi connectivity index (χ2n) is 4.23. The van der Waals surface area contributed by atoms with E-state index in [4.69, 9.17) is 5.73 Å². The largest absolute Gasteiger partial charge is 0.322 e. The number of nitrogens with zero attached hydrogens (tertiary/aromatic N) is 3. The molecular formula is C11H13BrN4. The number of aromatic nitrogens is 3. The zero-order valence-corrected chi connectivity index (χ0v) is 10.8. The van der Waals surface area contributed by atoms with Gasteiger partial charge in [0.2, 0.25) is 0 Å². The van der Waals surface area contributed by atoms with Crippen molar-refractivity contribution in [2.45, 2.75) is 19.4 Å². The normalized spacial score (nSPS) is 11.8. The molecule has 0 bridgehead atoms. The highest BCUT2D eigenvalue weighted by Crippen LogP contribution is 2.26. The fourth-order valence-electron chi connectivity index (χ4n) is 1.43. The van der Waals surface area contributed by atoms with E-state index < -0.39 is 0 Å². The molecule has 0 spiro atoms. The fourth-order valence-corrected chi connectivity index (χ4v) is 1.99. The van der Waals surface area contributed by atoms with Gasteiger partial charge in [0.25, 0.3) is 0 Å². The van der Waals surface area contributed by atoms with Gasteiger partial charge in [-0.1, -0.05) is 6.07 Å². The standard InChI is InChI=1S/C11H13BrN4/c1-11(2,13)8-3-4-10(9(12)5-8)16-7-14-6-15-16/h3-7H,13H2,1-2H3. The van der Waals surface area contributed by atoms with Gasteiger partial charge in [0.1, 0.15) is 12.7 Å². The minimum Gasteiger partial charge on any atom is -0.322 e. The third kappa shape index (κ3) is 2.15. The van der Waals surface area contributed by atoms with E-state index >= 15 is 0 Å². The second-order valence-corrected chi connectivity index (χ2v) is 5.08. The Morgan fingerprint density at radius 2 is 2.12 bits per heavy atom. The number of benzene rings is 1. The van der Waals surface area contributed by atoms with Gasteiger partial charge in [0.05, 0.1) is 5.69 Å². The van der Waals surface area contributed by atoms with Crippen molar-refractivity contribution in [2.75, 3.05) is 0 Å². The van der Waals surface area contributed by atoms with Gasteiger partial charge >= 0.3 is 0 Å². The molecule has 0 radical (unpaired) electrons. The first-order chi connectivity index (χ1) is 7.48. The van der Waals surface area contributed by atoms with Crippen LogP contribution in [0.25, 0.3) is 5.69 Å². The van der Waals surface area contributed by atoms with E-state index in [0.717, 1.165) is 15.7 Å². The van der Waals surface area contributed by atoms with Crippen molar-refractivity contribution in [3.8, 4) is 5.69 Å². The molecule has 4 nitrogen and oxygen atoms in total. The molecule has 1 aromatic heterocycles. The molecular weight excluding hydrogens is 268 g/mol. The molecule has 1 heterocycles. The van der Waals surface area contributed by atoms with Gasteiger partial charge in [-0.25, -0.2) is 9.67 Å². The molecule has 0 atom stereocenters. The lowest BCUT2D eigenvalue weighted by Crippen LogP contribution is -2.28. The molecule has 2 rings (SSSR count). The third-order valence-electron chi connectivity index (χ3n) is 2.36. The Hall–Kier alpha value is -1.20. The van der Waals surface area contributed by atoms with Gasteiger partial charge in [-0.2, -0.15) is 5.10 Å². The molecule has 0 amide bonds. The molecule has 0 aliphatic heterocycles. The van der Waals surface area contributed by atoms with Crippen LogP contribution < -0.4 is 5.73 Å². The molecule has 0 saturated carbocycles. The minimum absolute atomic E-state index is 0.344. The highest BCUT2D eigenvalue weighted by Gasteiger charge is 2.15. The van der Waals surface area contributed by atoms with Crippen molar-refractivity contribution >= 4 is 15.9 Å². The van der Waals surface area contributed by atoms with Gasteiger partial charge in [0.15, 0.2) is 0 Å². The molecule has 0 saturated heterocycles. The number of nitrogens with two attached hydrogens (primary N) is 1. The number of halogens is 1. The molecule has 84 valence electrons. The minimum atomic E-state index is -0.344. The zero-order chi connectivity index (χ0) is 11.8. The van der Waals surface area contributed by atoms with E-state index in [1.54, 1.807) is 11.0 Å². The van der Waals surface area contributed by atoms with Crippen LogP contribution in [0, 0.1) is 0 Å². The van der Waals surface area contributed by atoms with Crippen LogP contribution >= 0.6 is 15.9 Å². The topological polar surface area (TPSA) is 56.7 Å². The lowest BCUT2D eigenvalue weighted by Gasteiger charge is -2.20. The fraction of sp³-hybridized carbons (Fsp3) is 0.273. The van der Waals surface area contributed by atoms with Gasteiger partial charge in [-0.05, 0) is 47.5 Å². The van der Waals surface area contributed by atoms with E-state index in [1.807, 2.05) is 32.0 Å². The first-order valence-electron chi connectivity index (χ1n) is 4.92. The average molecular weight is 281 g/mol. The highest BCUT2D eigenvalue weighted by atomic mass is 79.9. The summed E-state index contributed by atoms with van der Waals surface area (Å²) in [6.45, 7) is 3.95. The quantitative estimate of drug-likeness (QED) is 0.918. The molecule has 2 aromatic rings.